The highest BCUT2D eigenvalue weighted by molar-refractivity contribution is 5.87. The van der Waals surface area contributed by atoms with E-state index in [1.54, 1.807) is 6.92 Å². The van der Waals surface area contributed by atoms with E-state index in [0.717, 1.165) is 0 Å². The van der Waals surface area contributed by atoms with Gasteiger partial charge >= 0.3 is 11.9 Å². The first-order valence-corrected chi connectivity index (χ1v) is 4.59. The van der Waals surface area contributed by atoms with Gasteiger partial charge in [-0.2, -0.15) is 5.10 Å². The molecule has 0 spiro atoms. The van der Waals surface area contributed by atoms with Crippen LogP contribution >= 0.6 is 0 Å². The molecule has 1 rings (SSSR count). The first-order chi connectivity index (χ1) is 7.58. The third-order valence-corrected chi connectivity index (χ3v) is 1.78. The predicted octanol–water partition coefficient (Wildman–Crippen LogP) is 0.153. The van der Waals surface area contributed by atoms with E-state index in [0.29, 0.717) is 6.54 Å². The fraction of sp³-hybridized carbons (Fsp3) is 0.444. The molecule has 0 radical (unpaired) electrons. The smallest absolute Gasteiger partial charge is 0.358 e. The SMILES string of the molecule is CCn1nc(C(=O)OC)cc1OCC(=O)O. The van der Waals surface area contributed by atoms with Gasteiger partial charge in [-0.3, -0.25) is 0 Å². The minimum atomic E-state index is -1.09. The van der Waals surface area contributed by atoms with Crippen molar-refractivity contribution in [2.45, 2.75) is 13.5 Å². The van der Waals surface area contributed by atoms with Crippen LogP contribution in [-0.2, 0) is 16.1 Å². The van der Waals surface area contributed by atoms with Gasteiger partial charge in [-0.15, -0.1) is 0 Å². The molecule has 1 aromatic heterocycles. The Kier molecular flexibility index (Phi) is 3.87. The number of hydrogen-bond donors (Lipinski definition) is 1. The molecule has 1 heterocycles. The highest BCUT2D eigenvalue weighted by atomic mass is 16.5. The van der Waals surface area contributed by atoms with Crippen molar-refractivity contribution in [1.29, 1.82) is 0 Å². The Hall–Kier alpha value is -2.05. The second-order valence-electron chi connectivity index (χ2n) is 2.86. The summed E-state index contributed by atoms with van der Waals surface area (Å²) < 4.78 is 10.8. The average molecular weight is 228 g/mol. The Morgan fingerprint density at radius 2 is 2.25 bits per heavy atom. The number of nitrogens with zero attached hydrogens (tertiary/aromatic N) is 2. The van der Waals surface area contributed by atoms with Gasteiger partial charge in [0.05, 0.1) is 7.11 Å². The number of carboxylic acid groups (broad SMARTS) is 1. The molecule has 0 amide bonds. The lowest BCUT2D eigenvalue weighted by atomic mass is 10.4. The minimum absolute atomic E-state index is 0.0877. The molecular formula is C9H12N2O5. The van der Waals surface area contributed by atoms with Crippen LogP contribution in [0.4, 0.5) is 0 Å². The summed E-state index contributed by atoms with van der Waals surface area (Å²) >= 11 is 0. The molecule has 0 bridgehead atoms. The van der Waals surface area contributed by atoms with E-state index >= 15 is 0 Å². The van der Waals surface area contributed by atoms with E-state index < -0.39 is 18.5 Å². The molecule has 0 aliphatic carbocycles. The second kappa shape index (κ2) is 5.15. The number of aryl methyl sites for hydroxylation is 1. The Morgan fingerprint density at radius 1 is 1.56 bits per heavy atom. The third kappa shape index (κ3) is 2.72. The highest BCUT2D eigenvalue weighted by Crippen LogP contribution is 2.14. The van der Waals surface area contributed by atoms with E-state index in [4.69, 9.17) is 9.84 Å². The van der Waals surface area contributed by atoms with E-state index in [1.807, 2.05) is 0 Å². The van der Waals surface area contributed by atoms with Crippen molar-refractivity contribution in [1.82, 2.24) is 9.78 Å². The topological polar surface area (TPSA) is 90.7 Å². The number of carbonyl (C=O) groups excluding carboxylic acids is 1. The molecule has 1 N–H and O–H groups in total. The first-order valence-electron chi connectivity index (χ1n) is 4.59. The summed E-state index contributed by atoms with van der Waals surface area (Å²) in [6, 6.07) is 1.35. The van der Waals surface area contributed by atoms with Crippen LogP contribution in [0.15, 0.2) is 6.07 Å². The molecule has 7 heteroatoms. The molecule has 7 nitrogen and oxygen atoms in total. The Morgan fingerprint density at radius 3 is 2.75 bits per heavy atom. The highest BCUT2D eigenvalue weighted by Gasteiger charge is 2.15. The number of methoxy groups -OCH3 is 1. The van der Waals surface area contributed by atoms with Gasteiger partial charge in [0, 0.05) is 12.6 Å². The van der Waals surface area contributed by atoms with Gasteiger partial charge in [-0.25, -0.2) is 14.3 Å². The van der Waals surface area contributed by atoms with Gasteiger partial charge in [-0.05, 0) is 6.92 Å². The maximum atomic E-state index is 11.2. The van der Waals surface area contributed by atoms with Crippen molar-refractivity contribution in [2.75, 3.05) is 13.7 Å². The lowest BCUT2D eigenvalue weighted by Crippen LogP contribution is -2.12. The Labute approximate surface area is 91.6 Å². The molecule has 0 aliphatic heterocycles. The van der Waals surface area contributed by atoms with Crippen LogP contribution in [0.25, 0.3) is 0 Å². The standard InChI is InChI=1S/C9H12N2O5/c1-3-11-7(16-5-8(12)13)4-6(10-11)9(14)15-2/h4H,3,5H2,1-2H3,(H,12,13). The molecule has 88 valence electrons. The molecule has 0 fully saturated rings. The van der Waals surface area contributed by atoms with Crippen LogP contribution in [-0.4, -0.2) is 40.5 Å². The van der Waals surface area contributed by atoms with E-state index in [-0.39, 0.29) is 11.6 Å². The summed E-state index contributed by atoms with van der Waals surface area (Å²) in [5.41, 5.74) is 0.0877. The number of aliphatic carboxylic acids is 1. The molecule has 0 unspecified atom stereocenters. The van der Waals surface area contributed by atoms with Crippen molar-refractivity contribution < 1.29 is 24.2 Å². The number of carboxylic acids is 1. The van der Waals surface area contributed by atoms with Crippen LogP contribution in [0.5, 0.6) is 5.88 Å². The van der Waals surface area contributed by atoms with Crippen molar-refractivity contribution in [3.63, 3.8) is 0 Å². The summed E-state index contributed by atoms with van der Waals surface area (Å²) in [7, 11) is 1.24. The summed E-state index contributed by atoms with van der Waals surface area (Å²) in [5.74, 6) is -1.46. The number of aromatic nitrogens is 2. The maximum absolute atomic E-state index is 11.2. The zero-order valence-electron chi connectivity index (χ0n) is 8.97. The minimum Gasteiger partial charge on any atom is -0.479 e. The summed E-state index contributed by atoms with van der Waals surface area (Å²) in [6.07, 6.45) is 0. The van der Waals surface area contributed by atoms with Crippen LogP contribution < -0.4 is 4.74 Å². The van der Waals surface area contributed by atoms with Crippen LogP contribution in [0.2, 0.25) is 0 Å². The monoisotopic (exact) mass is 228 g/mol. The quantitative estimate of drug-likeness (QED) is 0.721. The maximum Gasteiger partial charge on any atom is 0.358 e. The van der Waals surface area contributed by atoms with Crippen molar-refractivity contribution in [3.8, 4) is 5.88 Å². The molecular weight excluding hydrogens is 216 g/mol. The van der Waals surface area contributed by atoms with Gasteiger partial charge < -0.3 is 14.6 Å². The summed E-state index contributed by atoms with van der Waals surface area (Å²) in [4.78, 5) is 21.5. The number of ether oxygens (including phenoxy) is 2. The molecule has 0 saturated carbocycles. The van der Waals surface area contributed by atoms with E-state index in [2.05, 4.69) is 9.84 Å². The van der Waals surface area contributed by atoms with Gasteiger partial charge in [0.2, 0.25) is 5.88 Å². The van der Waals surface area contributed by atoms with Crippen LogP contribution in [0.3, 0.4) is 0 Å². The van der Waals surface area contributed by atoms with Crippen molar-refractivity contribution in [2.24, 2.45) is 0 Å². The average Bonchev–Trinajstić information content (AvgIpc) is 2.68. The molecule has 16 heavy (non-hydrogen) atoms. The molecule has 1 aromatic rings. The molecule has 0 aromatic carbocycles. The van der Waals surface area contributed by atoms with E-state index in [1.165, 1.54) is 17.9 Å². The second-order valence-corrected chi connectivity index (χ2v) is 2.86. The number of rotatable bonds is 5. The molecule has 0 saturated heterocycles. The Balaban J connectivity index is 2.86. The van der Waals surface area contributed by atoms with Crippen LogP contribution in [0.1, 0.15) is 17.4 Å². The fourth-order valence-electron chi connectivity index (χ4n) is 1.08. The summed E-state index contributed by atoms with van der Waals surface area (Å²) in [6.45, 7) is 1.78. The van der Waals surface area contributed by atoms with Gasteiger partial charge in [0.25, 0.3) is 0 Å². The Bertz CT molecular complexity index is 399. The summed E-state index contributed by atoms with van der Waals surface area (Å²) in [5, 5.41) is 12.4. The van der Waals surface area contributed by atoms with Gasteiger partial charge in [-0.1, -0.05) is 0 Å². The normalized spacial score (nSPS) is 9.88. The first kappa shape index (κ1) is 12.0. The lowest BCUT2D eigenvalue weighted by Gasteiger charge is -2.03. The fourth-order valence-corrected chi connectivity index (χ4v) is 1.08. The number of esters is 1. The zero-order chi connectivity index (χ0) is 12.1. The van der Waals surface area contributed by atoms with Crippen molar-refractivity contribution in [3.05, 3.63) is 11.8 Å². The molecule has 0 atom stereocenters. The number of hydrogen-bond acceptors (Lipinski definition) is 5. The van der Waals surface area contributed by atoms with Gasteiger partial charge in [0.15, 0.2) is 12.3 Å². The largest absolute Gasteiger partial charge is 0.479 e. The van der Waals surface area contributed by atoms with Crippen molar-refractivity contribution >= 4 is 11.9 Å². The van der Waals surface area contributed by atoms with Crippen LogP contribution in [0, 0.1) is 0 Å². The predicted molar refractivity (Wildman–Crippen MR) is 52.4 cm³/mol. The number of carbonyl (C=O) groups is 2. The lowest BCUT2D eigenvalue weighted by molar-refractivity contribution is -0.139. The van der Waals surface area contributed by atoms with Gasteiger partial charge in [0.1, 0.15) is 0 Å². The third-order valence-electron chi connectivity index (χ3n) is 1.78. The zero-order valence-corrected chi connectivity index (χ0v) is 8.97. The van der Waals surface area contributed by atoms with E-state index in [9.17, 15) is 9.59 Å². The molecule has 0 aliphatic rings.